The highest BCUT2D eigenvalue weighted by Crippen LogP contribution is 2.48. The molecule has 0 aliphatic carbocycles. The predicted molar refractivity (Wildman–Crippen MR) is 64.6 cm³/mol. The molecule has 1 N–H and O–H groups in total. The van der Waals surface area contributed by atoms with E-state index in [0.29, 0.717) is 19.6 Å². The second kappa shape index (κ2) is 5.82. The number of rotatable bonds is 6. The Balaban J connectivity index is 2.71. The van der Waals surface area contributed by atoms with Crippen LogP contribution in [0.25, 0.3) is 0 Å². The van der Waals surface area contributed by atoms with E-state index in [1.54, 1.807) is 0 Å². The lowest BCUT2D eigenvalue weighted by Gasteiger charge is -2.30. The fourth-order valence-corrected chi connectivity index (χ4v) is 2.64. The third kappa shape index (κ3) is 4.05. The average molecular weight is 266 g/mol. The number of ether oxygens (including phenoxy) is 2. The van der Waals surface area contributed by atoms with Crippen LogP contribution < -0.4 is 0 Å². The van der Waals surface area contributed by atoms with E-state index < -0.39 is 19.5 Å². The van der Waals surface area contributed by atoms with Crippen LogP contribution in [-0.4, -0.2) is 50.8 Å². The molecule has 1 aliphatic heterocycles. The van der Waals surface area contributed by atoms with Gasteiger partial charge in [-0.05, 0) is 20.3 Å². The molecule has 1 saturated heterocycles. The number of hydrogen-bond acceptors (Lipinski definition) is 5. The summed E-state index contributed by atoms with van der Waals surface area (Å²) < 4.78 is 32.0. The second-order valence-corrected chi connectivity index (χ2v) is 5.87. The second-order valence-electron chi connectivity index (χ2n) is 4.36. The van der Waals surface area contributed by atoms with E-state index in [2.05, 4.69) is 4.52 Å². The molecular weight excluding hydrogens is 246 g/mol. The molecule has 0 spiro atoms. The Bertz CT molecular complexity index is 301. The molecule has 1 rings (SSSR count). The molecule has 100 valence electrons. The minimum atomic E-state index is -4.00. The first-order valence-corrected chi connectivity index (χ1v) is 7.15. The monoisotopic (exact) mass is 266 g/mol. The van der Waals surface area contributed by atoms with Gasteiger partial charge < -0.3 is 14.4 Å². The van der Waals surface area contributed by atoms with Gasteiger partial charge in [0.1, 0.15) is 19.6 Å². The third-order valence-electron chi connectivity index (χ3n) is 2.78. The van der Waals surface area contributed by atoms with Gasteiger partial charge in [-0.3, -0.25) is 9.05 Å². The van der Waals surface area contributed by atoms with Crippen molar-refractivity contribution in [2.24, 2.45) is 0 Å². The maximum atomic E-state index is 11.4. The van der Waals surface area contributed by atoms with E-state index in [-0.39, 0.29) is 6.00 Å². The highest BCUT2D eigenvalue weighted by molar-refractivity contribution is 7.47. The Kier molecular flexibility index (Phi) is 5.19. The van der Waals surface area contributed by atoms with E-state index in [0.717, 1.165) is 7.11 Å². The van der Waals surface area contributed by atoms with Gasteiger partial charge in [0.25, 0.3) is 0 Å². The summed E-state index contributed by atoms with van der Waals surface area (Å²) in [5, 5.41) is 0. The molecule has 0 amide bonds. The summed E-state index contributed by atoms with van der Waals surface area (Å²) in [5.74, 6) is 0. The van der Waals surface area contributed by atoms with Gasteiger partial charge in [-0.1, -0.05) is 0 Å². The van der Waals surface area contributed by atoms with Crippen molar-refractivity contribution in [1.82, 2.24) is 0 Å². The van der Waals surface area contributed by atoms with Gasteiger partial charge in [0, 0.05) is 19.7 Å². The summed E-state index contributed by atoms with van der Waals surface area (Å²) in [4.78, 5) is 9.34. The summed E-state index contributed by atoms with van der Waals surface area (Å²) in [6.45, 7) is 4.57. The van der Waals surface area contributed by atoms with Crippen molar-refractivity contribution >= 4 is 15.7 Å². The van der Waals surface area contributed by atoms with Crippen molar-refractivity contribution in [1.29, 1.82) is 0 Å². The van der Waals surface area contributed by atoms with Gasteiger partial charge in [0.05, 0.1) is 6.61 Å². The standard InChI is InChI=1S/C9H20BO6P/c1-4-14-6-9(2)7(5-8(10)15-9)16-17(11,12)13-3/h7-8H,4-6,10H2,1-3H3,(H,11,12)/t7-,8+,9+/m0/s1. The Morgan fingerprint density at radius 2 is 2.29 bits per heavy atom. The normalized spacial score (nSPS) is 36.9. The van der Waals surface area contributed by atoms with Crippen LogP contribution in [0.4, 0.5) is 0 Å². The molecule has 1 heterocycles. The fraction of sp³-hybridized carbons (Fsp3) is 1.00. The van der Waals surface area contributed by atoms with Crippen molar-refractivity contribution in [3.63, 3.8) is 0 Å². The van der Waals surface area contributed by atoms with Crippen LogP contribution in [-0.2, 0) is 23.1 Å². The van der Waals surface area contributed by atoms with Gasteiger partial charge >= 0.3 is 7.82 Å². The van der Waals surface area contributed by atoms with Crippen molar-refractivity contribution < 1.29 is 28.0 Å². The van der Waals surface area contributed by atoms with Crippen molar-refractivity contribution in [3.05, 3.63) is 0 Å². The summed E-state index contributed by atoms with van der Waals surface area (Å²) in [6.07, 6.45) is 0.0251. The van der Waals surface area contributed by atoms with Gasteiger partial charge in [-0.15, -0.1) is 0 Å². The van der Waals surface area contributed by atoms with E-state index >= 15 is 0 Å². The third-order valence-corrected chi connectivity index (χ3v) is 3.76. The summed E-state index contributed by atoms with van der Waals surface area (Å²) in [5.41, 5.74) is -0.716. The molecule has 0 aromatic carbocycles. The summed E-state index contributed by atoms with van der Waals surface area (Å²) in [7, 11) is -0.966. The number of phosphoric acid groups is 1. The predicted octanol–water partition coefficient (Wildman–Crippen LogP) is 0.293. The van der Waals surface area contributed by atoms with Crippen LogP contribution >= 0.6 is 7.82 Å². The highest BCUT2D eigenvalue weighted by atomic mass is 31.2. The minimum absolute atomic E-state index is 0.0395. The first kappa shape index (κ1) is 15.2. The molecule has 1 fully saturated rings. The van der Waals surface area contributed by atoms with Crippen LogP contribution in [0.5, 0.6) is 0 Å². The van der Waals surface area contributed by atoms with Gasteiger partial charge in [-0.25, -0.2) is 4.57 Å². The molecule has 17 heavy (non-hydrogen) atoms. The molecule has 0 aromatic heterocycles. The first-order chi connectivity index (χ1) is 7.83. The lowest BCUT2D eigenvalue weighted by molar-refractivity contribution is -0.0986. The smallest absolute Gasteiger partial charge is 0.379 e. The molecule has 1 aliphatic rings. The zero-order valence-electron chi connectivity index (χ0n) is 10.7. The van der Waals surface area contributed by atoms with E-state index in [1.807, 2.05) is 21.7 Å². The van der Waals surface area contributed by atoms with Gasteiger partial charge in [-0.2, -0.15) is 0 Å². The van der Waals surface area contributed by atoms with Crippen molar-refractivity contribution in [2.75, 3.05) is 20.3 Å². The molecule has 0 radical (unpaired) electrons. The molecule has 8 heteroatoms. The largest absolute Gasteiger partial charge is 0.472 e. The van der Waals surface area contributed by atoms with Crippen LogP contribution in [0.2, 0.25) is 0 Å². The Labute approximate surface area is 103 Å². The average Bonchev–Trinajstić information content (AvgIpc) is 2.51. The molecule has 1 unspecified atom stereocenters. The lowest BCUT2D eigenvalue weighted by Crippen LogP contribution is -2.42. The van der Waals surface area contributed by atoms with Gasteiger partial charge in [0.2, 0.25) is 0 Å². The van der Waals surface area contributed by atoms with E-state index in [9.17, 15) is 9.46 Å². The van der Waals surface area contributed by atoms with Crippen LogP contribution in [0.3, 0.4) is 0 Å². The first-order valence-electron chi connectivity index (χ1n) is 5.65. The Morgan fingerprint density at radius 1 is 1.65 bits per heavy atom. The topological polar surface area (TPSA) is 74.2 Å². The SMILES string of the molecule is B[C@H]1C[C@H](OP(=O)(O)OC)[C@@](C)(COCC)O1. The van der Waals surface area contributed by atoms with Crippen molar-refractivity contribution in [3.8, 4) is 0 Å². The Morgan fingerprint density at radius 3 is 2.82 bits per heavy atom. The highest BCUT2D eigenvalue weighted by Gasteiger charge is 2.47. The molecule has 0 aromatic rings. The summed E-state index contributed by atoms with van der Waals surface area (Å²) in [6, 6.07) is -0.0395. The Hall–Kier alpha value is 0.0949. The maximum absolute atomic E-state index is 11.4. The van der Waals surface area contributed by atoms with E-state index in [1.165, 1.54) is 0 Å². The quantitative estimate of drug-likeness (QED) is 0.550. The molecule has 6 nitrogen and oxygen atoms in total. The summed E-state index contributed by atoms with van der Waals surface area (Å²) >= 11 is 0. The van der Waals surface area contributed by atoms with Crippen LogP contribution in [0, 0.1) is 0 Å². The molecule has 0 saturated carbocycles. The van der Waals surface area contributed by atoms with Gasteiger partial charge in [0.15, 0.2) is 0 Å². The van der Waals surface area contributed by atoms with Crippen LogP contribution in [0.15, 0.2) is 0 Å². The minimum Gasteiger partial charge on any atom is -0.379 e. The van der Waals surface area contributed by atoms with Crippen molar-refractivity contribution in [2.45, 2.75) is 38.0 Å². The lowest BCUT2D eigenvalue weighted by atomic mass is 9.93. The molecule has 4 atom stereocenters. The zero-order valence-corrected chi connectivity index (χ0v) is 11.6. The van der Waals surface area contributed by atoms with Crippen LogP contribution in [0.1, 0.15) is 20.3 Å². The van der Waals surface area contributed by atoms with E-state index in [4.69, 9.17) is 14.0 Å². The maximum Gasteiger partial charge on any atom is 0.472 e. The number of hydrogen-bond donors (Lipinski definition) is 1. The number of phosphoric ester groups is 1. The zero-order chi connectivity index (χ0) is 13.1. The molecule has 0 bridgehead atoms. The fourth-order valence-electron chi connectivity index (χ4n) is 1.92. The molecular formula is C9H20BO6P.